The summed E-state index contributed by atoms with van der Waals surface area (Å²) in [4.78, 5) is 34.9. The number of phosphoric acid groups is 1. The Balaban J connectivity index is 4.44. The first-order chi connectivity index (χ1) is 26.7. The minimum atomic E-state index is -4.63. The molecule has 0 aromatic carbocycles. The molecule has 0 aromatic rings. The molecule has 10 nitrogen and oxygen atoms in total. The third-order valence-corrected chi connectivity index (χ3v) is 9.60. The molecule has 55 heavy (non-hydrogen) atoms. The molecule has 318 valence electrons. The Morgan fingerprint density at radius 2 is 0.964 bits per heavy atom. The van der Waals surface area contributed by atoms with E-state index in [1.807, 2.05) is 6.08 Å². The van der Waals surface area contributed by atoms with Crippen LogP contribution in [0.5, 0.6) is 0 Å². The van der Waals surface area contributed by atoms with E-state index in [1.54, 1.807) is 0 Å². The van der Waals surface area contributed by atoms with Crippen LogP contribution in [-0.4, -0.2) is 65.7 Å². The third-order valence-electron chi connectivity index (χ3n) is 8.64. The van der Waals surface area contributed by atoms with Gasteiger partial charge in [-0.1, -0.05) is 139 Å². The van der Waals surface area contributed by atoms with Crippen molar-refractivity contribution in [2.24, 2.45) is 0 Å². The number of hydrogen-bond donors (Lipinski definition) is 3. The second kappa shape index (κ2) is 39.9. The molecule has 11 heteroatoms. The van der Waals surface area contributed by atoms with Crippen LogP contribution in [0.4, 0.5) is 0 Å². The number of carbonyl (C=O) groups excluding carboxylic acids is 2. The van der Waals surface area contributed by atoms with Crippen molar-refractivity contribution >= 4 is 19.8 Å². The third kappa shape index (κ3) is 39.7. The van der Waals surface area contributed by atoms with Gasteiger partial charge in [0.1, 0.15) is 12.7 Å². The summed E-state index contributed by atoms with van der Waals surface area (Å²) in [6.45, 7) is 2.25. The molecule has 0 saturated heterocycles. The molecule has 1 unspecified atom stereocenters. The maximum Gasteiger partial charge on any atom is 0.472 e. The van der Waals surface area contributed by atoms with E-state index in [4.69, 9.17) is 19.1 Å². The highest BCUT2D eigenvalue weighted by Crippen LogP contribution is 2.43. The molecule has 0 aliphatic rings. The molecule has 0 aliphatic carbocycles. The van der Waals surface area contributed by atoms with Gasteiger partial charge in [0.2, 0.25) is 0 Å². The number of unbranched alkanes of at least 4 members (excludes halogenated alkanes) is 15. The van der Waals surface area contributed by atoms with Gasteiger partial charge in [0.05, 0.1) is 19.8 Å². The minimum absolute atomic E-state index is 0.140. The van der Waals surface area contributed by atoms with Gasteiger partial charge >= 0.3 is 19.8 Å². The number of rotatable bonds is 39. The molecular formula is C44H77O10P. The van der Waals surface area contributed by atoms with Crippen LogP contribution in [0.15, 0.2) is 60.8 Å². The van der Waals surface area contributed by atoms with E-state index in [0.29, 0.717) is 19.3 Å². The highest BCUT2D eigenvalue weighted by molar-refractivity contribution is 7.47. The Kier molecular flexibility index (Phi) is 38.2. The number of esters is 2. The topological polar surface area (TPSA) is 149 Å². The van der Waals surface area contributed by atoms with Gasteiger partial charge in [0.25, 0.3) is 0 Å². The molecular weight excluding hydrogens is 719 g/mol. The summed E-state index contributed by atoms with van der Waals surface area (Å²) in [7, 11) is -4.63. The van der Waals surface area contributed by atoms with Crippen molar-refractivity contribution < 1.29 is 47.8 Å². The van der Waals surface area contributed by atoms with Crippen molar-refractivity contribution in [3.05, 3.63) is 60.8 Å². The van der Waals surface area contributed by atoms with Crippen LogP contribution in [0.2, 0.25) is 0 Å². The lowest BCUT2D eigenvalue weighted by Crippen LogP contribution is -2.29. The average molecular weight is 797 g/mol. The van der Waals surface area contributed by atoms with Gasteiger partial charge < -0.3 is 24.6 Å². The highest BCUT2D eigenvalue weighted by atomic mass is 31.2. The molecule has 0 fully saturated rings. The molecule has 0 bridgehead atoms. The van der Waals surface area contributed by atoms with E-state index in [0.717, 1.165) is 44.9 Å². The smallest absolute Gasteiger partial charge is 0.462 e. The van der Waals surface area contributed by atoms with Crippen LogP contribution >= 0.6 is 7.82 Å². The molecule has 3 atom stereocenters. The number of phosphoric ester groups is 1. The van der Waals surface area contributed by atoms with E-state index >= 15 is 0 Å². The Labute approximate surface area is 334 Å². The summed E-state index contributed by atoms with van der Waals surface area (Å²) >= 11 is 0. The van der Waals surface area contributed by atoms with E-state index in [1.165, 1.54) is 77.0 Å². The molecule has 0 rings (SSSR count). The van der Waals surface area contributed by atoms with Crippen molar-refractivity contribution in [2.45, 2.75) is 180 Å². The normalized spacial score (nSPS) is 14.5. The van der Waals surface area contributed by atoms with Gasteiger partial charge in [-0.05, 0) is 77.0 Å². The first-order valence-corrected chi connectivity index (χ1v) is 22.7. The maximum absolute atomic E-state index is 12.6. The fraction of sp³-hybridized carbons (Fsp3) is 0.727. The Morgan fingerprint density at radius 3 is 1.53 bits per heavy atom. The van der Waals surface area contributed by atoms with Crippen LogP contribution in [0, 0.1) is 0 Å². The van der Waals surface area contributed by atoms with Crippen LogP contribution in [0.25, 0.3) is 0 Å². The molecule has 0 saturated carbocycles. The fourth-order valence-electron chi connectivity index (χ4n) is 5.33. The van der Waals surface area contributed by atoms with E-state index < -0.39 is 51.8 Å². The molecule has 0 aliphatic heterocycles. The van der Waals surface area contributed by atoms with Gasteiger partial charge in [0.15, 0.2) is 6.10 Å². The zero-order valence-electron chi connectivity index (χ0n) is 34.4. The summed E-state index contributed by atoms with van der Waals surface area (Å²) in [6, 6.07) is 0. The van der Waals surface area contributed by atoms with Gasteiger partial charge in [0, 0.05) is 12.8 Å². The number of aliphatic hydroxyl groups excluding tert-OH is 2. The molecule has 0 aromatic heterocycles. The summed E-state index contributed by atoms with van der Waals surface area (Å²) in [6.07, 6.45) is 43.4. The largest absolute Gasteiger partial charge is 0.472 e. The van der Waals surface area contributed by atoms with Crippen LogP contribution in [-0.2, 0) is 32.7 Å². The van der Waals surface area contributed by atoms with Crippen molar-refractivity contribution in [1.29, 1.82) is 0 Å². The Morgan fingerprint density at radius 1 is 0.545 bits per heavy atom. The minimum Gasteiger partial charge on any atom is -0.462 e. The lowest BCUT2D eigenvalue weighted by molar-refractivity contribution is -0.161. The van der Waals surface area contributed by atoms with Crippen LogP contribution in [0.1, 0.15) is 168 Å². The van der Waals surface area contributed by atoms with Crippen molar-refractivity contribution in [3.8, 4) is 0 Å². The molecule has 0 spiro atoms. The van der Waals surface area contributed by atoms with Gasteiger partial charge in [-0.15, -0.1) is 0 Å². The number of hydrogen-bond acceptors (Lipinski definition) is 9. The first kappa shape index (κ1) is 52.7. The monoisotopic (exact) mass is 797 g/mol. The quantitative estimate of drug-likeness (QED) is 0.0237. The molecule has 0 amide bonds. The zero-order chi connectivity index (χ0) is 40.5. The van der Waals surface area contributed by atoms with Gasteiger partial charge in [-0.3, -0.25) is 18.6 Å². The van der Waals surface area contributed by atoms with Crippen LogP contribution < -0.4 is 0 Å². The SMILES string of the molecule is CCCCC/C=C/C/C=C/C/C=C/C/C=C/CCCC(=O)OC[C@H](COP(=O)(O)OC[C@@H](O)CO)OC(=O)CCCC/C=C/CCCCCCCCCCC. The van der Waals surface area contributed by atoms with E-state index in [-0.39, 0.29) is 19.4 Å². The standard InChI is InChI=1S/C44H77O10P/c1-3-5-7-9-11-13-15-17-19-20-22-23-25-27-29-31-33-35-43(47)51-39-42(40-53-55(49,50)52-38-41(46)37-45)54-44(48)36-34-32-30-28-26-24-21-18-16-14-12-10-8-6-4-2/h11,13,17,19,22-23,26-29,41-42,45-46H,3-10,12,14-16,18,20-21,24-25,30-40H2,1-2H3,(H,49,50)/b13-11+,19-17+,23-22+,28-26+,29-27+/t41-,42+/m0/s1. The maximum atomic E-state index is 12.6. The second-order valence-electron chi connectivity index (χ2n) is 14.0. The Bertz CT molecular complexity index is 1100. The molecule has 0 radical (unpaired) electrons. The van der Waals surface area contributed by atoms with Crippen molar-refractivity contribution in [2.75, 3.05) is 26.4 Å². The van der Waals surface area contributed by atoms with E-state index in [2.05, 4.69) is 73.1 Å². The number of aliphatic hydroxyl groups is 2. The van der Waals surface area contributed by atoms with Crippen molar-refractivity contribution in [1.82, 2.24) is 0 Å². The summed E-state index contributed by atoms with van der Waals surface area (Å²) < 4.78 is 32.6. The predicted molar refractivity (Wildman–Crippen MR) is 224 cm³/mol. The van der Waals surface area contributed by atoms with Gasteiger partial charge in [-0.25, -0.2) is 4.57 Å². The number of carbonyl (C=O) groups is 2. The summed E-state index contributed by atoms with van der Waals surface area (Å²) in [5, 5.41) is 18.3. The van der Waals surface area contributed by atoms with Crippen molar-refractivity contribution in [3.63, 3.8) is 0 Å². The lowest BCUT2D eigenvalue weighted by atomic mass is 10.1. The Hall–Kier alpha value is -2.33. The first-order valence-electron chi connectivity index (χ1n) is 21.2. The number of allylic oxidation sites excluding steroid dienone is 10. The molecule has 0 heterocycles. The summed E-state index contributed by atoms with van der Waals surface area (Å²) in [5.41, 5.74) is 0. The highest BCUT2D eigenvalue weighted by Gasteiger charge is 2.27. The fourth-order valence-corrected chi connectivity index (χ4v) is 6.12. The number of ether oxygens (including phenoxy) is 2. The predicted octanol–water partition coefficient (Wildman–Crippen LogP) is 11.1. The van der Waals surface area contributed by atoms with Gasteiger partial charge in [-0.2, -0.15) is 0 Å². The molecule has 3 N–H and O–H groups in total. The average Bonchev–Trinajstić information content (AvgIpc) is 3.17. The lowest BCUT2D eigenvalue weighted by Gasteiger charge is -2.20. The van der Waals surface area contributed by atoms with E-state index in [9.17, 15) is 24.2 Å². The van der Waals surface area contributed by atoms with Crippen LogP contribution in [0.3, 0.4) is 0 Å². The second-order valence-corrected chi connectivity index (χ2v) is 15.5. The zero-order valence-corrected chi connectivity index (χ0v) is 35.3. The summed E-state index contributed by atoms with van der Waals surface area (Å²) in [5.74, 6) is -1.02.